The van der Waals surface area contributed by atoms with Gasteiger partial charge in [0.05, 0.1) is 12.0 Å². The number of hydrogen-bond acceptors (Lipinski definition) is 3. The molecule has 25 heavy (non-hydrogen) atoms. The Labute approximate surface area is 148 Å². The minimum absolute atomic E-state index is 0.0363. The number of nitrogens with zero attached hydrogens (tertiary/aromatic N) is 3. The molecule has 2 aliphatic heterocycles. The molecule has 6 heteroatoms. The van der Waals surface area contributed by atoms with Gasteiger partial charge in [-0.05, 0) is 30.7 Å². The Balaban J connectivity index is 1.81. The number of hydrogen-bond donors (Lipinski definition) is 0. The lowest BCUT2D eigenvalue weighted by Gasteiger charge is -2.42. The minimum Gasteiger partial charge on any atom is -0.340 e. The molecule has 0 aliphatic carbocycles. The third-order valence-electron chi connectivity index (χ3n) is 5.52. The number of halogens is 1. The number of likely N-dealkylation sites (tertiary alicyclic amines) is 1. The molecule has 2 amide bonds. The second-order valence-corrected chi connectivity index (χ2v) is 6.91. The van der Waals surface area contributed by atoms with Gasteiger partial charge in [-0.1, -0.05) is 19.1 Å². The van der Waals surface area contributed by atoms with E-state index in [1.54, 1.807) is 24.1 Å². The average Bonchev–Trinajstić information content (AvgIpc) is 2.64. The number of carbonyl (C=O) groups is 2. The normalized spacial score (nSPS) is 25.3. The third kappa shape index (κ3) is 3.68. The summed E-state index contributed by atoms with van der Waals surface area (Å²) in [5, 5.41) is 0. The van der Waals surface area contributed by atoms with Gasteiger partial charge in [-0.25, -0.2) is 4.39 Å². The number of benzene rings is 1. The zero-order valence-electron chi connectivity index (χ0n) is 14.9. The van der Waals surface area contributed by atoms with Crippen molar-refractivity contribution in [1.29, 1.82) is 0 Å². The Hall–Kier alpha value is -1.95. The fourth-order valence-corrected chi connectivity index (χ4v) is 3.93. The van der Waals surface area contributed by atoms with E-state index >= 15 is 0 Å². The zero-order chi connectivity index (χ0) is 18.0. The van der Waals surface area contributed by atoms with Gasteiger partial charge >= 0.3 is 0 Å². The summed E-state index contributed by atoms with van der Waals surface area (Å²) in [5.74, 6) is -0.424. The van der Waals surface area contributed by atoms with Crippen molar-refractivity contribution in [2.45, 2.75) is 25.8 Å². The fraction of sp³-hybridized carbons (Fsp3) is 0.579. The summed E-state index contributed by atoms with van der Waals surface area (Å²) in [6, 6.07) is 5.83. The van der Waals surface area contributed by atoms with Crippen LogP contribution in [0.5, 0.6) is 0 Å². The molecule has 0 bridgehead atoms. The van der Waals surface area contributed by atoms with Crippen LogP contribution in [0.4, 0.5) is 4.39 Å². The molecule has 3 rings (SSSR count). The summed E-state index contributed by atoms with van der Waals surface area (Å²) in [4.78, 5) is 31.3. The molecule has 0 unspecified atom stereocenters. The van der Waals surface area contributed by atoms with Crippen LogP contribution in [0.25, 0.3) is 0 Å². The predicted molar refractivity (Wildman–Crippen MR) is 93.3 cm³/mol. The summed E-state index contributed by atoms with van der Waals surface area (Å²) >= 11 is 0. The number of piperazine rings is 1. The van der Waals surface area contributed by atoms with Crippen molar-refractivity contribution < 1.29 is 14.0 Å². The molecule has 1 aromatic rings. The Bertz CT molecular complexity index is 626. The van der Waals surface area contributed by atoms with E-state index in [2.05, 4.69) is 11.8 Å². The monoisotopic (exact) mass is 347 g/mol. The second kappa shape index (κ2) is 7.52. The van der Waals surface area contributed by atoms with Gasteiger partial charge in [-0.15, -0.1) is 0 Å². The van der Waals surface area contributed by atoms with Gasteiger partial charge in [-0.3, -0.25) is 9.59 Å². The van der Waals surface area contributed by atoms with Gasteiger partial charge in [0.2, 0.25) is 11.8 Å². The molecule has 0 aromatic heterocycles. The minimum atomic E-state index is -0.321. The molecule has 0 N–H and O–H groups in total. The number of carbonyl (C=O) groups excluding carboxylic acids is 2. The molecule has 0 spiro atoms. The molecular weight excluding hydrogens is 321 g/mol. The quantitative estimate of drug-likeness (QED) is 0.839. The third-order valence-corrected chi connectivity index (χ3v) is 5.52. The van der Waals surface area contributed by atoms with Crippen LogP contribution in [0.1, 0.15) is 31.4 Å². The maximum atomic E-state index is 13.3. The molecule has 5 nitrogen and oxygen atoms in total. The van der Waals surface area contributed by atoms with Crippen molar-refractivity contribution in [3.8, 4) is 0 Å². The number of rotatable bonds is 3. The SMILES string of the molecule is CCN1CCN(C(=O)[C@@H]2CCC(=O)N(C)[C@H]2c2ccc(F)cc2)CC1. The van der Waals surface area contributed by atoms with Gasteiger partial charge in [0.1, 0.15) is 5.82 Å². The molecular formula is C19H26FN3O2. The lowest BCUT2D eigenvalue weighted by atomic mass is 9.83. The van der Waals surface area contributed by atoms with E-state index in [0.29, 0.717) is 12.8 Å². The van der Waals surface area contributed by atoms with Crippen LogP contribution in [0.2, 0.25) is 0 Å². The van der Waals surface area contributed by atoms with E-state index in [0.717, 1.165) is 38.3 Å². The first-order valence-corrected chi connectivity index (χ1v) is 9.03. The van der Waals surface area contributed by atoms with Crippen molar-refractivity contribution in [2.75, 3.05) is 39.8 Å². The van der Waals surface area contributed by atoms with E-state index < -0.39 is 0 Å². The molecule has 2 fully saturated rings. The highest BCUT2D eigenvalue weighted by atomic mass is 19.1. The van der Waals surface area contributed by atoms with Crippen molar-refractivity contribution in [3.63, 3.8) is 0 Å². The maximum Gasteiger partial charge on any atom is 0.228 e. The van der Waals surface area contributed by atoms with Crippen molar-refractivity contribution >= 4 is 11.8 Å². The van der Waals surface area contributed by atoms with Crippen LogP contribution in [0, 0.1) is 11.7 Å². The van der Waals surface area contributed by atoms with E-state index in [-0.39, 0.29) is 29.6 Å². The molecule has 2 aliphatic rings. The largest absolute Gasteiger partial charge is 0.340 e. The summed E-state index contributed by atoms with van der Waals surface area (Å²) in [5.41, 5.74) is 0.822. The van der Waals surface area contributed by atoms with Crippen molar-refractivity contribution in [2.24, 2.45) is 5.92 Å². The second-order valence-electron chi connectivity index (χ2n) is 6.91. The summed E-state index contributed by atoms with van der Waals surface area (Å²) in [7, 11) is 1.74. The summed E-state index contributed by atoms with van der Waals surface area (Å²) < 4.78 is 13.3. The van der Waals surface area contributed by atoms with E-state index in [1.165, 1.54) is 12.1 Å². The maximum absolute atomic E-state index is 13.3. The van der Waals surface area contributed by atoms with Crippen molar-refractivity contribution in [3.05, 3.63) is 35.6 Å². The Morgan fingerprint density at radius 2 is 1.80 bits per heavy atom. The summed E-state index contributed by atoms with van der Waals surface area (Å²) in [6.45, 7) is 6.38. The molecule has 0 saturated carbocycles. The first-order valence-electron chi connectivity index (χ1n) is 9.03. The first-order chi connectivity index (χ1) is 12.0. The Kier molecular flexibility index (Phi) is 5.37. The summed E-state index contributed by atoms with van der Waals surface area (Å²) in [6.07, 6.45) is 0.942. The highest BCUT2D eigenvalue weighted by Crippen LogP contribution is 2.37. The molecule has 2 atom stereocenters. The lowest BCUT2D eigenvalue weighted by molar-refractivity contribution is -0.147. The number of amides is 2. The molecule has 2 saturated heterocycles. The Morgan fingerprint density at radius 3 is 2.40 bits per heavy atom. The standard InChI is InChI=1S/C19H26FN3O2/c1-3-22-10-12-23(13-11-22)19(25)16-8-9-17(24)21(2)18(16)14-4-6-15(20)7-5-14/h4-7,16,18H,3,8-13H2,1-2H3/t16-,18+/m1/s1. The van der Waals surface area contributed by atoms with Gasteiger partial charge in [0.25, 0.3) is 0 Å². The van der Waals surface area contributed by atoms with E-state index in [9.17, 15) is 14.0 Å². The van der Waals surface area contributed by atoms with Crippen LogP contribution in [-0.2, 0) is 9.59 Å². The van der Waals surface area contributed by atoms with Gasteiger partial charge in [0, 0.05) is 39.6 Å². The van der Waals surface area contributed by atoms with Gasteiger partial charge in [-0.2, -0.15) is 0 Å². The van der Waals surface area contributed by atoms with Gasteiger partial charge < -0.3 is 14.7 Å². The van der Waals surface area contributed by atoms with Crippen LogP contribution in [0.3, 0.4) is 0 Å². The van der Waals surface area contributed by atoms with Crippen LogP contribution in [-0.4, -0.2) is 66.3 Å². The van der Waals surface area contributed by atoms with Crippen LogP contribution in [0.15, 0.2) is 24.3 Å². The fourth-order valence-electron chi connectivity index (χ4n) is 3.93. The van der Waals surface area contributed by atoms with Gasteiger partial charge in [0.15, 0.2) is 0 Å². The highest BCUT2D eigenvalue weighted by Gasteiger charge is 2.40. The smallest absolute Gasteiger partial charge is 0.228 e. The predicted octanol–water partition coefficient (Wildman–Crippen LogP) is 1.90. The average molecular weight is 347 g/mol. The number of piperidine rings is 1. The Morgan fingerprint density at radius 1 is 1.16 bits per heavy atom. The zero-order valence-corrected chi connectivity index (χ0v) is 14.9. The van der Waals surface area contributed by atoms with Crippen molar-refractivity contribution in [1.82, 2.24) is 14.7 Å². The molecule has 1 aromatic carbocycles. The molecule has 0 radical (unpaired) electrons. The first kappa shape index (κ1) is 17.9. The van der Waals surface area contributed by atoms with E-state index in [4.69, 9.17) is 0 Å². The topological polar surface area (TPSA) is 43.9 Å². The van der Waals surface area contributed by atoms with E-state index in [1.807, 2.05) is 4.90 Å². The number of likely N-dealkylation sites (N-methyl/N-ethyl adjacent to an activating group) is 1. The lowest BCUT2D eigenvalue weighted by Crippen LogP contribution is -2.53. The van der Waals surface area contributed by atoms with Crippen LogP contribution < -0.4 is 0 Å². The molecule has 2 heterocycles. The molecule has 136 valence electrons. The van der Waals surface area contributed by atoms with Crippen LogP contribution >= 0.6 is 0 Å². The highest BCUT2D eigenvalue weighted by molar-refractivity contribution is 5.85.